The van der Waals surface area contributed by atoms with Gasteiger partial charge in [-0.2, -0.15) is 0 Å². The van der Waals surface area contributed by atoms with Crippen LogP contribution in [0, 0.1) is 16.0 Å². The van der Waals surface area contributed by atoms with Gasteiger partial charge in [0.25, 0.3) is 5.69 Å². The molecular weight excluding hydrogens is 480 g/mol. The Morgan fingerprint density at radius 2 is 1.83 bits per heavy atom. The highest BCUT2D eigenvalue weighted by Crippen LogP contribution is 2.31. The van der Waals surface area contributed by atoms with Crippen LogP contribution in [0.5, 0.6) is 0 Å². The van der Waals surface area contributed by atoms with Crippen LogP contribution in [0.3, 0.4) is 0 Å². The monoisotopic (exact) mass is 508 g/mol. The van der Waals surface area contributed by atoms with Crippen molar-refractivity contribution < 1.29 is 19.2 Å². The van der Waals surface area contributed by atoms with E-state index in [0.29, 0.717) is 34.2 Å². The fourth-order valence-corrected chi connectivity index (χ4v) is 3.75. The molecule has 1 aliphatic rings. The third-order valence-electron chi connectivity index (χ3n) is 5.56. The molecule has 0 saturated heterocycles. The molecule has 0 spiro atoms. The lowest BCUT2D eigenvalue weighted by Gasteiger charge is -2.35. The zero-order chi connectivity index (χ0) is 26.4. The number of nitrogens with one attached hydrogen (secondary N) is 2. The van der Waals surface area contributed by atoms with Gasteiger partial charge in [0.15, 0.2) is 5.11 Å². The number of nitrogens with zero attached hydrogens (tertiary/aromatic N) is 2. The molecule has 1 heterocycles. The van der Waals surface area contributed by atoms with E-state index < -0.39 is 16.9 Å². The first-order valence-electron chi connectivity index (χ1n) is 11.3. The number of allylic oxidation sites excluding steroid dienone is 1. The molecule has 0 fully saturated rings. The maximum atomic E-state index is 12.9. The molecule has 0 bridgehead atoms. The normalized spacial score (nSPS) is 15.8. The Kier molecular flexibility index (Phi) is 8.55. The Labute approximate surface area is 215 Å². The van der Waals surface area contributed by atoms with Crippen LogP contribution in [0.25, 0.3) is 6.08 Å². The fourth-order valence-electron chi connectivity index (χ4n) is 3.49. The van der Waals surface area contributed by atoms with Gasteiger partial charge in [-0.15, -0.1) is 0 Å². The molecule has 0 radical (unpaired) electrons. The summed E-state index contributed by atoms with van der Waals surface area (Å²) in [6.07, 6.45) is 2.92. The third-order valence-corrected chi connectivity index (χ3v) is 5.96. The maximum Gasteiger partial charge on any atom is 0.338 e. The van der Waals surface area contributed by atoms with Crippen molar-refractivity contribution in [2.24, 2.45) is 5.92 Å². The first kappa shape index (κ1) is 26.6. The Morgan fingerprint density at radius 1 is 1.19 bits per heavy atom. The van der Waals surface area contributed by atoms with Crippen LogP contribution in [-0.2, 0) is 14.3 Å². The van der Waals surface area contributed by atoms with Crippen LogP contribution in [0.15, 0.2) is 65.9 Å². The molecule has 1 atom stereocenters. The number of amides is 1. The number of nitro groups is 1. The number of hydrogen-bond acceptors (Lipinski definition) is 6. The molecular formula is C26H28N4O5S. The van der Waals surface area contributed by atoms with Crippen molar-refractivity contribution in [3.8, 4) is 0 Å². The molecule has 0 saturated carbocycles. The van der Waals surface area contributed by atoms with Gasteiger partial charge in [-0.3, -0.25) is 14.9 Å². The lowest BCUT2D eigenvalue weighted by molar-refractivity contribution is -0.384. The number of thiocarbonyl (C=S) groups is 1. The van der Waals surface area contributed by atoms with Gasteiger partial charge in [0, 0.05) is 36.6 Å². The van der Waals surface area contributed by atoms with Crippen LogP contribution >= 0.6 is 12.2 Å². The average Bonchev–Trinajstić information content (AvgIpc) is 2.85. The molecule has 9 nitrogen and oxygen atoms in total. The molecule has 10 heteroatoms. The van der Waals surface area contributed by atoms with Crippen molar-refractivity contribution >= 4 is 46.7 Å². The summed E-state index contributed by atoms with van der Waals surface area (Å²) in [5, 5.41) is 17.2. The van der Waals surface area contributed by atoms with Gasteiger partial charge in [-0.05, 0) is 66.5 Å². The Bertz CT molecular complexity index is 1220. The molecule has 36 heavy (non-hydrogen) atoms. The molecule has 2 aromatic rings. The summed E-state index contributed by atoms with van der Waals surface area (Å²) in [4.78, 5) is 37.2. The van der Waals surface area contributed by atoms with Crippen LogP contribution < -0.4 is 10.6 Å². The number of carbonyl (C=O) groups excluding carboxylic acids is 2. The number of nitro benzene ring substituents is 1. The van der Waals surface area contributed by atoms with Crippen molar-refractivity contribution in [2.75, 3.05) is 19.0 Å². The smallest absolute Gasteiger partial charge is 0.338 e. The molecule has 2 N–H and O–H groups in total. The van der Waals surface area contributed by atoms with E-state index in [4.69, 9.17) is 17.0 Å². The van der Waals surface area contributed by atoms with Crippen LogP contribution in [0.2, 0.25) is 0 Å². The van der Waals surface area contributed by atoms with E-state index in [1.807, 2.05) is 32.9 Å². The van der Waals surface area contributed by atoms with Gasteiger partial charge in [0.1, 0.15) is 0 Å². The molecule has 0 aromatic heterocycles. The second-order valence-corrected chi connectivity index (χ2v) is 9.11. The minimum Gasteiger partial charge on any atom is -0.462 e. The number of benzene rings is 2. The van der Waals surface area contributed by atoms with E-state index in [-0.39, 0.29) is 17.5 Å². The highest BCUT2D eigenvalue weighted by Gasteiger charge is 2.33. The Morgan fingerprint density at radius 3 is 2.42 bits per heavy atom. The van der Waals surface area contributed by atoms with Crippen LogP contribution in [-0.4, -0.2) is 40.5 Å². The summed E-state index contributed by atoms with van der Waals surface area (Å²) < 4.78 is 5.50. The van der Waals surface area contributed by atoms with Crippen LogP contribution in [0.4, 0.5) is 11.4 Å². The molecule has 3 rings (SSSR count). The van der Waals surface area contributed by atoms with Gasteiger partial charge in [0.2, 0.25) is 5.91 Å². The van der Waals surface area contributed by atoms with E-state index >= 15 is 0 Å². The predicted octanol–water partition coefficient (Wildman–Crippen LogP) is 4.58. The lowest BCUT2D eigenvalue weighted by Crippen LogP contribution is -2.46. The van der Waals surface area contributed by atoms with E-state index in [9.17, 15) is 19.7 Å². The second-order valence-electron chi connectivity index (χ2n) is 8.73. The molecule has 0 aliphatic carbocycles. The number of anilines is 1. The van der Waals surface area contributed by atoms with E-state index in [2.05, 4.69) is 10.6 Å². The SMILES string of the molecule is CC1=C(C(=O)OCC(C)C)C(c2ccc(NC(=O)C=Cc3ccc([N+](=O)[O-])cc3)cc2)NC(=S)N1C. The highest BCUT2D eigenvalue weighted by atomic mass is 32.1. The average molecular weight is 509 g/mol. The van der Waals surface area contributed by atoms with Gasteiger partial charge in [-0.25, -0.2) is 4.79 Å². The van der Waals surface area contributed by atoms with Crippen LogP contribution in [0.1, 0.15) is 37.9 Å². The minimum atomic E-state index is -0.486. The van der Waals surface area contributed by atoms with Gasteiger partial charge < -0.3 is 20.3 Å². The quantitative estimate of drug-likeness (QED) is 0.175. The second kappa shape index (κ2) is 11.6. The number of non-ortho nitro benzene ring substituents is 1. The lowest BCUT2D eigenvalue weighted by atomic mass is 9.95. The Hall–Kier alpha value is -4.05. The van der Waals surface area contributed by atoms with E-state index in [0.717, 1.165) is 5.56 Å². The number of carbonyl (C=O) groups is 2. The largest absolute Gasteiger partial charge is 0.462 e. The zero-order valence-electron chi connectivity index (χ0n) is 20.5. The van der Waals surface area contributed by atoms with E-state index in [1.165, 1.54) is 18.2 Å². The summed E-state index contributed by atoms with van der Waals surface area (Å²) in [6, 6.07) is 12.5. The molecule has 1 amide bonds. The van der Waals surface area contributed by atoms with Gasteiger partial charge in [-0.1, -0.05) is 26.0 Å². The summed E-state index contributed by atoms with van der Waals surface area (Å²) in [7, 11) is 1.79. The standard InChI is InChI=1S/C26H28N4O5S/c1-16(2)15-35-25(32)23-17(3)29(4)26(36)28-24(23)19-8-10-20(11-9-19)27-22(31)14-7-18-5-12-21(13-6-18)30(33)34/h5-14,16,24H,15H2,1-4H3,(H,27,31)(H,28,36). The topological polar surface area (TPSA) is 114 Å². The van der Waals surface area contributed by atoms with Crippen molar-refractivity contribution in [3.05, 3.63) is 87.1 Å². The Balaban J connectivity index is 1.72. The maximum absolute atomic E-state index is 12.9. The van der Waals surface area contributed by atoms with Crippen molar-refractivity contribution in [2.45, 2.75) is 26.8 Å². The van der Waals surface area contributed by atoms with E-state index in [1.54, 1.807) is 42.3 Å². The van der Waals surface area contributed by atoms with Gasteiger partial charge >= 0.3 is 5.97 Å². The third kappa shape index (κ3) is 6.54. The zero-order valence-corrected chi connectivity index (χ0v) is 21.3. The van der Waals surface area contributed by atoms with Crippen molar-refractivity contribution in [1.82, 2.24) is 10.2 Å². The fraction of sp³-hybridized carbons (Fsp3) is 0.269. The summed E-state index contributed by atoms with van der Waals surface area (Å²) >= 11 is 5.43. The van der Waals surface area contributed by atoms with Crippen molar-refractivity contribution in [3.63, 3.8) is 0 Å². The molecule has 188 valence electrons. The predicted molar refractivity (Wildman–Crippen MR) is 142 cm³/mol. The first-order valence-corrected chi connectivity index (χ1v) is 11.7. The van der Waals surface area contributed by atoms with Crippen molar-refractivity contribution in [1.29, 1.82) is 0 Å². The highest BCUT2D eigenvalue weighted by molar-refractivity contribution is 7.80. The number of hydrogen-bond donors (Lipinski definition) is 2. The summed E-state index contributed by atoms with van der Waals surface area (Å²) in [5.74, 6) is -0.545. The number of ether oxygens (including phenoxy) is 1. The molecule has 1 aliphatic heterocycles. The van der Waals surface area contributed by atoms with Gasteiger partial charge in [0.05, 0.1) is 23.1 Å². The first-order chi connectivity index (χ1) is 17.1. The number of rotatable bonds is 8. The minimum absolute atomic E-state index is 0.0158. The summed E-state index contributed by atoms with van der Waals surface area (Å²) in [5.41, 5.74) is 3.20. The number of esters is 1. The molecule has 1 unspecified atom stereocenters. The summed E-state index contributed by atoms with van der Waals surface area (Å²) in [6.45, 7) is 6.09. The molecule has 2 aromatic carbocycles.